The summed E-state index contributed by atoms with van der Waals surface area (Å²) in [7, 11) is 0. The second-order valence-corrected chi connectivity index (χ2v) is 8.64. The van der Waals surface area contributed by atoms with Crippen LogP contribution in [-0.2, 0) is 6.42 Å². The number of nitrogens with two attached hydrogens (primary N) is 1. The van der Waals surface area contributed by atoms with E-state index in [9.17, 15) is 4.79 Å². The number of primary amides is 1. The van der Waals surface area contributed by atoms with E-state index in [4.69, 9.17) is 5.73 Å². The summed E-state index contributed by atoms with van der Waals surface area (Å²) in [5.74, 6) is 1.36. The van der Waals surface area contributed by atoms with Crippen molar-refractivity contribution < 1.29 is 4.79 Å². The fourth-order valence-electron chi connectivity index (χ4n) is 4.47. The number of aryl methyl sites for hydroxylation is 2. The first-order valence-electron chi connectivity index (χ1n) is 11.3. The number of nitrogens with zero attached hydrogens (tertiary/aromatic N) is 3. The van der Waals surface area contributed by atoms with E-state index in [1.165, 1.54) is 18.5 Å². The lowest BCUT2D eigenvalue weighted by molar-refractivity contribution is 0.1000. The van der Waals surface area contributed by atoms with Gasteiger partial charge in [-0.15, -0.1) is 0 Å². The highest BCUT2D eigenvalue weighted by Crippen LogP contribution is 2.40. The molecule has 162 valence electrons. The summed E-state index contributed by atoms with van der Waals surface area (Å²) in [4.78, 5) is 16.2. The third kappa shape index (κ3) is 3.64. The second-order valence-electron chi connectivity index (χ2n) is 8.64. The number of aromatic nitrogens is 3. The van der Waals surface area contributed by atoms with Gasteiger partial charge >= 0.3 is 0 Å². The molecule has 0 atom stereocenters. The zero-order valence-electron chi connectivity index (χ0n) is 18.6. The summed E-state index contributed by atoms with van der Waals surface area (Å²) in [6, 6.07) is 18.8. The molecule has 5 heteroatoms. The van der Waals surface area contributed by atoms with Crippen LogP contribution < -0.4 is 5.73 Å². The topological polar surface area (TPSA) is 65.8 Å². The molecular formula is C27H28N4O. The average Bonchev–Trinajstić information content (AvgIpc) is 3.37. The minimum atomic E-state index is -0.401. The van der Waals surface area contributed by atoms with Gasteiger partial charge in [0.2, 0.25) is 5.91 Å². The Balaban J connectivity index is 1.56. The Labute approximate surface area is 188 Å². The van der Waals surface area contributed by atoms with Gasteiger partial charge in [-0.3, -0.25) is 4.79 Å². The molecule has 0 spiro atoms. The Hall–Kier alpha value is -3.60. The Morgan fingerprint density at radius 2 is 1.88 bits per heavy atom. The number of carbonyl (C=O) groups is 1. The molecule has 2 aromatic heterocycles. The van der Waals surface area contributed by atoms with Crippen LogP contribution in [0.5, 0.6) is 0 Å². The molecule has 5 rings (SSSR count). The molecule has 0 saturated heterocycles. The summed E-state index contributed by atoms with van der Waals surface area (Å²) in [5, 5.41) is 0. The van der Waals surface area contributed by atoms with Crippen LogP contribution in [-0.4, -0.2) is 20.0 Å². The minimum absolute atomic E-state index is 0.401. The molecule has 0 aliphatic heterocycles. The third-order valence-corrected chi connectivity index (χ3v) is 6.24. The molecule has 1 fully saturated rings. The van der Waals surface area contributed by atoms with Gasteiger partial charge in [0.05, 0.1) is 5.69 Å². The van der Waals surface area contributed by atoms with E-state index in [1.807, 2.05) is 37.5 Å². The van der Waals surface area contributed by atoms with Crippen LogP contribution in [0.1, 0.15) is 59.5 Å². The van der Waals surface area contributed by atoms with E-state index in [0.717, 1.165) is 46.9 Å². The summed E-state index contributed by atoms with van der Waals surface area (Å²) in [6.07, 6.45) is 8.45. The van der Waals surface area contributed by atoms with Crippen LogP contribution >= 0.6 is 0 Å². The van der Waals surface area contributed by atoms with Crippen LogP contribution in [0.3, 0.4) is 0 Å². The van der Waals surface area contributed by atoms with E-state index in [2.05, 4.69) is 57.4 Å². The summed E-state index contributed by atoms with van der Waals surface area (Å²) in [6.45, 7) is 4.22. The lowest BCUT2D eigenvalue weighted by Gasteiger charge is -2.17. The molecule has 2 aromatic carbocycles. The number of rotatable bonds is 7. The van der Waals surface area contributed by atoms with Gasteiger partial charge in [0.15, 0.2) is 0 Å². The SMILES string of the molecule is CCCc1ccc(-c2ccc(-n3ccnc3C3CC3)cc2)n1-c1ccc(C(N)=O)cc1C. The number of imidazole rings is 1. The molecule has 5 nitrogen and oxygen atoms in total. The van der Waals surface area contributed by atoms with Crippen LogP contribution in [0.2, 0.25) is 0 Å². The van der Waals surface area contributed by atoms with Crippen LogP contribution in [0, 0.1) is 6.92 Å². The number of hydrogen-bond acceptors (Lipinski definition) is 2. The van der Waals surface area contributed by atoms with E-state index in [1.54, 1.807) is 0 Å². The Morgan fingerprint density at radius 1 is 1.09 bits per heavy atom. The Kier molecular flexibility index (Phi) is 5.17. The smallest absolute Gasteiger partial charge is 0.248 e. The van der Waals surface area contributed by atoms with Gasteiger partial charge < -0.3 is 14.9 Å². The second kappa shape index (κ2) is 8.15. The number of benzene rings is 2. The first-order chi connectivity index (χ1) is 15.6. The quantitative estimate of drug-likeness (QED) is 0.422. The third-order valence-electron chi connectivity index (χ3n) is 6.24. The number of hydrogen-bond donors (Lipinski definition) is 1. The van der Waals surface area contributed by atoms with Crippen molar-refractivity contribution in [1.29, 1.82) is 0 Å². The first kappa shape index (κ1) is 20.3. The molecule has 0 bridgehead atoms. The van der Waals surface area contributed by atoms with Crippen molar-refractivity contribution in [3.05, 3.63) is 89.6 Å². The normalized spacial score (nSPS) is 13.4. The van der Waals surface area contributed by atoms with Crippen molar-refractivity contribution >= 4 is 5.91 Å². The molecule has 0 radical (unpaired) electrons. The number of carbonyl (C=O) groups excluding carboxylic acids is 1. The Morgan fingerprint density at radius 3 is 2.53 bits per heavy atom. The summed E-state index contributed by atoms with van der Waals surface area (Å²) in [5.41, 5.74) is 12.8. The van der Waals surface area contributed by atoms with Gasteiger partial charge in [0.25, 0.3) is 0 Å². The van der Waals surface area contributed by atoms with Gasteiger partial charge in [-0.25, -0.2) is 4.98 Å². The van der Waals surface area contributed by atoms with Gasteiger partial charge in [0.1, 0.15) is 5.82 Å². The zero-order valence-corrected chi connectivity index (χ0v) is 18.6. The van der Waals surface area contributed by atoms with Crippen LogP contribution in [0.15, 0.2) is 67.0 Å². The molecule has 2 heterocycles. The average molecular weight is 425 g/mol. The maximum atomic E-state index is 11.6. The molecule has 2 N–H and O–H groups in total. The minimum Gasteiger partial charge on any atom is -0.366 e. The zero-order chi connectivity index (χ0) is 22.2. The lowest BCUT2D eigenvalue weighted by Crippen LogP contribution is -2.12. The fourth-order valence-corrected chi connectivity index (χ4v) is 4.47. The van der Waals surface area contributed by atoms with Crippen molar-refractivity contribution in [2.24, 2.45) is 5.73 Å². The molecular weight excluding hydrogens is 396 g/mol. The highest BCUT2D eigenvalue weighted by molar-refractivity contribution is 5.93. The van der Waals surface area contributed by atoms with E-state index in [-0.39, 0.29) is 0 Å². The molecule has 1 aliphatic rings. The van der Waals surface area contributed by atoms with Crippen molar-refractivity contribution in [3.63, 3.8) is 0 Å². The van der Waals surface area contributed by atoms with Gasteiger partial charge in [-0.1, -0.05) is 25.5 Å². The van der Waals surface area contributed by atoms with E-state index >= 15 is 0 Å². The van der Waals surface area contributed by atoms with Crippen LogP contribution in [0.4, 0.5) is 0 Å². The standard InChI is InChI=1S/C27H28N4O/c1-3-4-23-12-14-25(31(23)24-13-9-21(26(28)32)17-18(24)2)19-7-10-22(11-8-19)30-16-15-29-27(30)20-5-6-20/h7-17,20H,3-6H2,1-2H3,(H2,28,32). The fraction of sp³-hybridized carbons (Fsp3) is 0.259. The summed E-state index contributed by atoms with van der Waals surface area (Å²) < 4.78 is 4.52. The summed E-state index contributed by atoms with van der Waals surface area (Å²) >= 11 is 0. The predicted octanol–water partition coefficient (Wildman–Crippen LogP) is 5.57. The number of amides is 1. The van der Waals surface area contributed by atoms with Crippen molar-refractivity contribution in [2.75, 3.05) is 0 Å². The molecule has 1 aliphatic carbocycles. The maximum absolute atomic E-state index is 11.6. The largest absolute Gasteiger partial charge is 0.366 e. The van der Waals surface area contributed by atoms with E-state index in [0.29, 0.717) is 11.5 Å². The van der Waals surface area contributed by atoms with Gasteiger partial charge in [0, 0.05) is 40.9 Å². The van der Waals surface area contributed by atoms with Gasteiger partial charge in [-0.05, 0) is 79.8 Å². The van der Waals surface area contributed by atoms with Crippen molar-refractivity contribution in [3.8, 4) is 22.6 Å². The van der Waals surface area contributed by atoms with Gasteiger partial charge in [-0.2, -0.15) is 0 Å². The monoisotopic (exact) mass is 424 g/mol. The highest BCUT2D eigenvalue weighted by Gasteiger charge is 2.28. The lowest BCUT2D eigenvalue weighted by atomic mass is 10.1. The molecule has 0 unspecified atom stereocenters. The van der Waals surface area contributed by atoms with Crippen molar-refractivity contribution in [2.45, 2.75) is 45.4 Å². The predicted molar refractivity (Wildman–Crippen MR) is 128 cm³/mol. The highest BCUT2D eigenvalue weighted by atomic mass is 16.1. The molecule has 1 saturated carbocycles. The molecule has 4 aromatic rings. The van der Waals surface area contributed by atoms with Crippen LogP contribution in [0.25, 0.3) is 22.6 Å². The molecule has 32 heavy (non-hydrogen) atoms. The first-order valence-corrected chi connectivity index (χ1v) is 11.3. The molecule has 1 amide bonds. The maximum Gasteiger partial charge on any atom is 0.248 e. The Bertz CT molecular complexity index is 1280. The van der Waals surface area contributed by atoms with E-state index < -0.39 is 5.91 Å². The van der Waals surface area contributed by atoms with Crippen molar-refractivity contribution in [1.82, 2.24) is 14.1 Å².